The highest BCUT2D eigenvalue weighted by molar-refractivity contribution is 7.99. The molecule has 0 unspecified atom stereocenters. The molecular formula is C4H6N4O8S. The largest absolute Gasteiger partial charge is 0.459 e. The Bertz CT molecular complexity index is 286. The van der Waals surface area contributed by atoms with E-state index in [1.54, 1.807) is 0 Å². The molecule has 0 rings (SSSR count). The third-order valence-corrected chi connectivity index (χ3v) is 2.57. The minimum absolute atomic E-state index is 0.416. The Morgan fingerprint density at radius 3 is 1.12 bits per heavy atom. The van der Waals surface area contributed by atoms with Gasteiger partial charge in [0.2, 0.25) is 0 Å². The van der Waals surface area contributed by atoms with Crippen LogP contribution in [0.5, 0.6) is 0 Å². The number of thioether (sulfide) groups is 1. The summed E-state index contributed by atoms with van der Waals surface area (Å²) in [6, 6.07) is 0. The lowest BCUT2D eigenvalue weighted by Crippen LogP contribution is -2.34. The molecule has 13 heteroatoms. The first-order chi connectivity index (χ1) is 7.77. The predicted octanol–water partition coefficient (Wildman–Crippen LogP) is -0.521. The zero-order chi connectivity index (χ0) is 13.6. The predicted molar refractivity (Wildman–Crippen MR) is 52.9 cm³/mol. The summed E-state index contributed by atoms with van der Waals surface area (Å²) in [6.45, 7) is 0. The Hall–Kier alpha value is -2.05. The van der Waals surface area contributed by atoms with Crippen LogP contribution < -0.4 is 0 Å². The van der Waals surface area contributed by atoms with Gasteiger partial charge in [0, 0.05) is 0 Å². The molecular weight excluding hydrogens is 264 g/mol. The summed E-state index contributed by atoms with van der Waals surface area (Å²) < 4.78 is 0. The van der Waals surface area contributed by atoms with E-state index in [2.05, 4.69) is 0 Å². The van der Waals surface area contributed by atoms with Crippen LogP contribution in [0.15, 0.2) is 0 Å². The normalized spacial score (nSPS) is 10.5. The van der Waals surface area contributed by atoms with Gasteiger partial charge in [-0.25, -0.2) is 0 Å². The van der Waals surface area contributed by atoms with Gasteiger partial charge in [-0.05, 0) is 0 Å². The average Bonchev–Trinajstić information content (AvgIpc) is 2.14. The number of hydrogen-bond donors (Lipinski definition) is 0. The fourth-order valence-electron chi connectivity index (χ4n) is 0.676. The van der Waals surface area contributed by atoms with Gasteiger partial charge in [0.1, 0.15) is 11.5 Å². The van der Waals surface area contributed by atoms with Crippen LogP contribution in [0.2, 0.25) is 0 Å². The number of nitro groups is 4. The van der Waals surface area contributed by atoms with Crippen molar-refractivity contribution in [3.63, 3.8) is 0 Å². The zero-order valence-electron chi connectivity index (χ0n) is 8.03. The molecule has 0 spiro atoms. The zero-order valence-corrected chi connectivity index (χ0v) is 8.85. The molecule has 0 aliphatic rings. The molecule has 0 aromatic rings. The minimum atomic E-state index is -2.13. The lowest BCUT2D eigenvalue weighted by atomic mass is 10.6. The summed E-state index contributed by atoms with van der Waals surface area (Å²) in [5, 5.41) is 40.7. The molecule has 0 saturated heterocycles. The van der Waals surface area contributed by atoms with Gasteiger partial charge >= 0.3 is 12.3 Å². The monoisotopic (exact) mass is 270 g/mol. The van der Waals surface area contributed by atoms with Crippen LogP contribution in [0.1, 0.15) is 0 Å². The topological polar surface area (TPSA) is 173 Å². The molecule has 0 heterocycles. The second kappa shape index (κ2) is 6.51. The number of nitrogens with zero attached hydrogens (tertiary/aromatic N) is 4. The van der Waals surface area contributed by atoms with Gasteiger partial charge < -0.3 is 0 Å². The van der Waals surface area contributed by atoms with E-state index in [0.29, 0.717) is 11.8 Å². The van der Waals surface area contributed by atoms with Gasteiger partial charge in [-0.1, -0.05) is 0 Å². The molecule has 0 aliphatic heterocycles. The summed E-state index contributed by atoms with van der Waals surface area (Å²) in [5.74, 6) is -1.34. The van der Waals surface area contributed by atoms with Crippen molar-refractivity contribution in [3.05, 3.63) is 40.5 Å². The molecule has 0 atom stereocenters. The van der Waals surface area contributed by atoms with Crippen LogP contribution in [0, 0.1) is 40.5 Å². The standard InChI is InChI=1S/C4H6N4O8S/c9-5(10)3(6(11)12)1-17-2-4(7(13)14)8(15)16/h3-4H,1-2H2. The van der Waals surface area contributed by atoms with Crippen molar-refractivity contribution in [2.75, 3.05) is 11.5 Å². The first-order valence-corrected chi connectivity index (χ1v) is 5.04. The minimum Gasteiger partial charge on any atom is -0.259 e. The molecule has 0 aliphatic carbocycles. The van der Waals surface area contributed by atoms with Crippen LogP contribution in [-0.4, -0.2) is 43.5 Å². The van der Waals surface area contributed by atoms with Crippen molar-refractivity contribution in [2.24, 2.45) is 0 Å². The quantitative estimate of drug-likeness (QED) is 0.319. The smallest absolute Gasteiger partial charge is 0.259 e. The molecule has 0 radical (unpaired) electrons. The molecule has 0 saturated carbocycles. The van der Waals surface area contributed by atoms with E-state index in [0.717, 1.165) is 0 Å². The summed E-state index contributed by atoms with van der Waals surface area (Å²) >= 11 is 0.416. The van der Waals surface area contributed by atoms with Gasteiger partial charge in [-0.3, -0.25) is 40.5 Å². The molecule has 0 bridgehead atoms. The SMILES string of the molecule is O=[N+]([O-])C(CSCC([N+](=O)[O-])[N+](=O)[O-])[N+](=O)[O-]. The van der Waals surface area contributed by atoms with Gasteiger partial charge in [0.05, 0.1) is 19.7 Å². The second-order valence-corrected chi connectivity index (χ2v) is 3.72. The molecule has 0 aromatic heterocycles. The molecule has 0 fully saturated rings. The van der Waals surface area contributed by atoms with Gasteiger partial charge in [-0.15, -0.1) is 11.8 Å². The highest BCUT2D eigenvalue weighted by Crippen LogP contribution is 2.10. The summed E-state index contributed by atoms with van der Waals surface area (Å²) in [4.78, 5) is 36.0. The Kier molecular flexibility index (Phi) is 5.73. The van der Waals surface area contributed by atoms with E-state index >= 15 is 0 Å². The molecule has 0 amide bonds. The Balaban J connectivity index is 4.29. The first-order valence-electron chi connectivity index (χ1n) is 3.89. The van der Waals surface area contributed by atoms with E-state index in [4.69, 9.17) is 0 Å². The Morgan fingerprint density at radius 2 is 0.941 bits per heavy atom. The van der Waals surface area contributed by atoms with Crippen LogP contribution in [0.4, 0.5) is 0 Å². The lowest BCUT2D eigenvalue weighted by Gasteiger charge is -2.02. The van der Waals surface area contributed by atoms with Crippen molar-refractivity contribution in [1.29, 1.82) is 0 Å². The fraction of sp³-hybridized carbons (Fsp3) is 1.00. The van der Waals surface area contributed by atoms with Crippen LogP contribution in [0.3, 0.4) is 0 Å². The maximum absolute atomic E-state index is 10.2. The Labute approximate surface area is 96.6 Å². The van der Waals surface area contributed by atoms with Crippen molar-refractivity contribution in [3.8, 4) is 0 Å². The van der Waals surface area contributed by atoms with E-state index in [1.807, 2.05) is 0 Å². The molecule has 12 nitrogen and oxygen atoms in total. The highest BCUT2D eigenvalue weighted by Gasteiger charge is 2.36. The number of rotatable bonds is 8. The third-order valence-electron chi connectivity index (χ3n) is 1.51. The summed E-state index contributed by atoms with van der Waals surface area (Å²) in [5.41, 5.74) is 0. The van der Waals surface area contributed by atoms with E-state index in [1.165, 1.54) is 0 Å². The van der Waals surface area contributed by atoms with E-state index in [9.17, 15) is 40.5 Å². The van der Waals surface area contributed by atoms with E-state index < -0.39 is 43.5 Å². The van der Waals surface area contributed by atoms with Crippen molar-refractivity contribution in [1.82, 2.24) is 0 Å². The van der Waals surface area contributed by atoms with Crippen LogP contribution >= 0.6 is 11.8 Å². The second-order valence-electron chi connectivity index (χ2n) is 2.64. The molecule has 96 valence electrons. The molecule has 17 heavy (non-hydrogen) atoms. The highest BCUT2D eigenvalue weighted by atomic mass is 32.2. The Morgan fingerprint density at radius 1 is 0.706 bits per heavy atom. The average molecular weight is 270 g/mol. The first kappa shape index (κ1) is 14.9. The maximum atomic E-state index is 10.2. The van der Waals surface area contributed by atoms with Crippen molar-refractivity contribution >= 4 is 11.8 Å². The number of hydrogen-bond acceptors (Lipinski definition) is 9. The fourth-order valence-corrected chi connectivity index (χ4v) is 1.72. The van der Waals surface area contributed by atoms with Gasteiger partial charge in [-0.2, -0.15) is 0 Å². The summed E-state index contributed by atoms with van der Waals surface area (Å²) in [6.07, 6.45) is -4.25. The van der Waals surface area contributed by atoms with Gasteiger partial charge in [0.25, 0.3) is 0 Å². The third kappa shape index (κ3) is 5.01. The van der Waals surface area contributed by atoms with Crippen LogP contribution in [0.25, 0.3) is 0 Å². The van der Waals surface area contributed by atoms with Crippen molar-refractivity contribution < 1.29 is 19.7 Å². The van der Waals surface area contributed by atoms with E-state index in [-0.39, 0.29) is 0 Å². The van der Waals surface area contributed by atoms with Crippen LogP contribution in [-0.2, 0) is 0 Å². The van der Waals surface area contributed by atoms with Gasteiger partial charge in [0.15, 0.2) is 0 Å². The van der Waals surface area contributed by atoms with Crippen molar-refractivity contribution in [2.45, 2.75) is 12.3 Å². The summed E-state index contributed by atoms with van der Waals surface area (Å²) in [7, 11) is 0. The molecule has 0 aromatic carbocycles. The molecule has 0 N–H and O–H groups in total. The lowest BCUT2D eigenvalue weighted by molar-refractivity contribution is -0.737. The maximum Gasteiger partial charge on any atom is 0.459 e.